The highest BCUT2D eigenvalue weighted by molar-refractivity contribution is 6.07. The smallest absolute Gasteiger partial charge is 0.236 e. The number of hydrogen-bond donors (Lipinski definition) is 2. The summed E-state index contributed by atoms with van der Waals surface area (Å²) in [6.45, 7) is 8.18. The van der Waals surface area contributed by atoms with Gasteiger partial charge in [-0.25, -0.2) is 0 Å². The summed E-state index contributed by atoms with van der Waals surface area (Å²) in [5.41, 5.74) is 5.43. The fourth-order valence-electron chi connectivity index (χ4n) is 3.62. The minimum atomic E-state index is -0.742. The van der Waals surface area contributed by atoms with E-state index in [1.807, 2.05) is 4.90 Å². The Kier molecular flexibility index (Phi) is 3.98. The van der Waals surface area contributed by atoms with Crippen LogP contribution in [0.25, 0.3) is 0 Å². The molecule has 0 atom stereocenters. The van der Waals surface area contributed by atoms with Gasteiger partial charge in [-0.2, -0.15) is 0 Å². The lowest BCUT2D eigenvalue weighted by atomic mass is 9.60. The molecule has 5 heteroatoms. The summed E-state index contributed by atoms with van der Waals surface area (Å²) in [5, 5.41) is 12.1. The van der Waals surface area contributed by atoms with E-state index in [1.54, 1.807) is 0 Å². The summed E-state index contributed by atoms with van der Waals surface area (Å²) in [6, 6.07) is 0. The van der Waals surface area contributed by atoms with Crippen LogP contribution in [0.1, 0.15) is 52.9 Å². The van der Waals surface area contributed by atoms with Crippen LogP contribution >= 0.6 is 0 Å². The van der Waals surface area contributed by atoms with Gasteiger partial charge in [0.2, 0.25) is 5.91 Å². The topological polar surface area (TPSA) is 78.9 Å². The van der Waals surface area contributed by atoms with Crippen molar-refractivity contribution in [3.05, 3.63) is 0 Å². The van der Waals surface area contributed by atoms with Crippen molar-refractivity contribution in [2.75, 3.05) is 13.1 Å². The zero-order valence-corrected chi connectivity index (χ0v) is 12.9. The highest BCUT2D eigenvalue weighted by atomic mass is 16.4. The average Bonchev–Trinajstić information content (AvgIpc) is 2.43. The number of hydrogen-bond acceptors (Lipinski definition) is 3. The molecule has 2 aliphatic rings. The monoisotopic (exact) mass is 281 g/mol. The maximum atomic E-state index is 12.8. The standard InChI is InChI=1S/C15H27N3O2/c1-4-14(3)5-7-18(8-6-14)13(19)15(12(16)17-20)9-11(2)10-15/h11,20H,4-10H2,1-3H3,(H2,16,17). The first-order valence-corrected chi connectivity index (χ1v) is 7.64. The Morgan fingerprint density at radius 1 is 1.40 bits per heavy atom. The first kappa shape index (κ1) is 15.1. The van der Waals surface area contributed by atoms with Gasteiger partial charge in [-0.15, -0.1) is 0 Å². The average molecular weight is 281 g/mol. The van der Waals surface area contributed by atoms with E-state index >= 15 is 0 Å². The predicted molar refractivity (Wildman–Crippen MR) is 78.5 cm³/mol. The Labute approximate surface area is 121 Å². The molecule has 1 aliphatic heterocycles. The van der Waals surface area contributed by atoms with E-state index in [9.17, 15) is 4.79 Å². The summed E-state index contributed by atoms with van der Waals surface area (Å²) in [5.74, 6) is 0.610. The van der Waals surface area contributed by atoms with Crippen LogP contribution in [0, 0.1) is 16.7 Å². The van der Waals surface area contributed by atoms with Crippen molar-refractivity contribution in [1.82, 2.24) is 4.90 Å². The SMILES string of the molecule is CCC1(C)CCN(C(=O)C2(C(N)=NO)CC(C)C2)CC1. The van der Waals surface area contributed by atoms with Crippen LogP contribution in [0.5, 0.6) is 0 Å². The second-order valence-corrected chi connectivity index (χ2v) is 7.04. The molecule has 0 aromatic heterocycles. The molecular formula is C15H27N3O2. The van der Waals surface area contributed by atoms with E-state index in [1.165, 1.54) is 0 Å². The van der Waals surface area contributed by atoms with Crippen LogP contribution in [-0.4, -0.2) is 34.9 Å². The van der Waals surface area contributed by atoms with E-state index in [0.29, 0.717) is 24.2 Å². The number of carbonyl (C=O) groups excluding carboxylic acids is 1. The number of rotatable bonds is 3. The number of carbonyl (C=O) groups is 1. The maximum absolute atomic E-state index is 12.8. The lowest BCUT2D eigenvalue weighted by Gasteiger charge is -2.48. The van der Waals surface area contributed by atoms with Crippen molar-refractivity contribution in [2.24, 2.45) is 27.6 Å². The molecule has 3 N–H and O–H groups in total. The summed E-state index contributed by atoms with van der Waals surface area (Å²) in [7, 11) is 0. The van der Waals surface area contributed by atoms with Gasteiger partial charge in [0.1, 0.15) is 5.41 Å². The maximum Gasteiger partial charge on any atom is 0.236 e. The molecular weight excluding hydrogens is 254 g/mol. The minimum absolute atomic E-state index is 0.0593. The molecule has 20 heavy (non-hydrogen) atoms. The van der Waals surface area contributed by atoms with Crippen molar-refractivity contribution in [3.63, 3.8) is 0 Å². The predicted octanol–water partition coefficient (Wildman–Crippen LogP) is 2.19. The molecule has 114 valence electrons. The Bertz CT molecular complexity index is 405. The van der Waals surface area contributed by atoms with Gasteiger partial charge in [-0.3, -0.25) is 4.79 Å². The lowest BCUT2D eigenvalue weighted by Crippen LogP contribution is -2.59. The quantitative estimate of drug-likeness (QED) is 0.360. The Morgan fingerprint density at radius 2 is 1.95 bits per heavy atom. The normalized spacial score (nSPS) is 33.6. The Morgan fingerprint density at radius 3 is 2.35 bits per heavy atom. The molecule has 0 radical (unpaired) electrons. The van der Waals surface area contributed by atoms with Crippen molar-refractivity contribution >= 4 is 11.7 Å². The second kappa shape index (κ2) is 5.26. The molecule has 2 fully saturated rings. The van der Waals surface area contributed by atoms with Crippen LogP contribution in [-0.2, 0) is 4.79 Å². The molecule has 0 aromatic rings. The fourth-order valence-corrected chi connectivity index (χ4v) is 3.62. The first-order valence-electron chi connectivity index (χ1n) is 7.64. The van der Waals surface area contributed by atoms with Gasteiger partial charge in [0, 0.05) is 13.1 Å². The highest BCUT2D eigenvalue weighted by Crippen LogP contribution is 2.48. The van der Waals surface area contributed by atoms with Gasteiger partial charge in [0.25, 0.3) is 0 Å². The third-order valence-corrected chi connectivity index (χ3v) is 5.51. The highest BCUT2D eigenvalue weighted by Gasteiger charge is 2.54. The Balaban J connectivity index is 2.08. The van der Waals surface area contributed by atoms with Gasteiger partial charge in [-0.1, -0.05) is 32.3 Å². The molecule has 0 spiro atoms. The van der Waals surface area contributed by atoms with Crippen LogP contribution < -0.4 is 5.73 Å². The van der Waals surface area contributed by atoms with Crippen LogP contribution in [0.15, 0.2) is 5.16 Å². The van der Waals surface area contributed by atoms with Crippen molar-refractivity contribution in [1.29, 1.82) is 0 Å². The number of amidine groups is 1. The van der Waals surface area contributed by atoms with E-state index < -0.39 is 5.41 Å². The molecule has 0 aromatic carbocycles. The number of nitrogens with two attached hydrogens (primary N) is 1. The number of amides is 1. The van der Waals surface area contributed by atoms with E-state index in [4.69, 9.17) is 10.9 Å². The number of piperidine rings is 1. The van der Waals surface area contributed by atoms with Crippen molar-refractivity contribution < 1.29 is 10.0 Å². The zero-order chi connectivity index (χ0) is 15.0. The van der Waals surface area contributed by atoms with Gasteiger partial charge in [0.05, 0.1) is 0 Å². The molecule has 2 rings (SSSR count). The van der Waals surface area contributed by atoms with Gasteiger partial charge in [0.15, 0.2) is 5.84 Å². The van der Waals surface area contributed by atoms with E-state index in [0.717, 1.165) is 32.4 Å². The molecule has 5 nitrogen and oxygen atoms in total. The fraction of sp³-hybridized carbons (Fsp3) is 0.867. The van der Waals surface area contributed by atoms with E-state index in [-0.39, 0.29) is 11.7 Å². The Hall–Kier alpha value is -1.26. The molecule has 1 saturated carbocycles. The molecule has 1 saturated heterocycles. The second-order valence-electron chi connectivity index (χ2n) is 7.04. The largest absolute Gasteiger partial charge is 0.409 e. The van der Waals surface area contributed by atoms with Crippen LogP contribution in [0.4, 0.5) is 0 Å². The number of likely N-dealkylation sites (tertiary alicyclic amines) is 1. The van der Waals surface area contributed by atoms with Gasteiger partial charge in [-0.05, 0) is 37.0 Å². The summed E-state index contributed by atoms with van der Waals surface area (Å²) < 4.78 is 0. The minimum Gasteiger partial charge on any atom is -0.409 e. The lowest BCUT2D eigenvalue weighted by molar-refractivity contribution is -0.146. The zero-order valence-electron chi connectivity index (χ0n) is 12.9. The van der Waals surface area contributed by atoms with Gasteiger partial charge >= 0.3 is 0 Å². The van der Waals surface area contributed by atoms with Crippen molar-refractivity contribution in [3.8, 4) is 0 Å². The molecule has 1 aliphatic carbocycles. The van der Waals surface area contributed by atoms with Crippen LogP contribution in [0.2, 0.25) is 0 Å². The number of oxime groups is 1. The molecule has 1 heterocycles. The summed E-state index contributed by atoms with van der Waals surface area (Å²) in [6.07, 6.45) is 4.62. The molecule has 0 bridgehead atoms. The van der Waals surface area contributed by atoms with E-state index in [2.05, 4.69) is 25.9 Å². The van der Waals surface area contributed by atoms with Crippen molar-refractivity contribution in [2.45, 2.75) is 52.9 Å². The third kappa shape index (κ3) is 2.38. The van der Waals surface area contributed by atoms with Gasteiger partial charge < -0.3 is 15.8 Å². The van der Waals surface area contributed by atoms with Crippen LogP contribution in [0.3, 0.4) is 0 Å². The number of nitrogens with zero attached hydrogens (tertiary/aromatic N) is 2. The summed E-state index contributed by atoms with van der Waals surface area (Å²) in [4.78, 5) is 14.7. The third-order valence-electron chi connectivity index (χ3n) is 5.51. The molecule has 1 amide bonds. The molecule has 0 unspecified atom stereocenters. The first-order chi connectivity index (χ1) is 9.37. The summed E-state index contributed by atoms with van der Waals surface area (Å²) >= 11 is 0.